The molecular weight excluding hydrogens is 526 g/mol. The summed E-state index contributed by atoms with van der Waals surface area (Å²) in [5, 5.41) is 3.00. The lowest BCUT2D eigenvalue weighted by molar-refractivity contribution is -0.113. The number of thiazole rings is 1. The Labute approximate surface area is 214 Å². The van der Waals surface area contributed by atoms with E-state index in [-0.39, 0.29) is 11.5 Å². The first-order valence-electron chi connectivity index (χ1n) is 11.0. The van der Waals surface area contributed by atoms with Gasteiger partial charge in [0.1, 0.15) is 17.6 Å². The van der Waals surface area contributed by atoms with Gasteiger partial charge in [0.25, 0.3) is 11.5 Å². The van der Waals surface area contributed by atoms with E-state index in [2.05, 4.69) is 26.2 Å². The fourth-order valence-corrected chi connectivity index (χ4v) is 5.60. The first-order valence-corrected chi connectivity index (χ1v) is 12.6. The maximum absolute atomic E-state index is 13.7. The van der Waals surface area contributed by atoms with E-state index in [9.17, 15) is 9.59 Å². The van der Waals surface area contributed by atoms with E-state index in [0.29, 0.717) is 37.8 Å². The van der Waals surface area contributed by atoms with Gasteiger partial charge in [-0.25, -0.2) is 4.99 Å². The van der Waals surface area contributed by atoms with Gasteiger partial charge in [0.15, 0.2) is 4.80 Å². The predicted octanol–water partition coefficient (Wildman–Crippen LogP) is 4.85. The van der Waals surface area contributed by atoms with Crippen LogP contribution < -0.4 is 20.2 Å². The van der Waals surface area contributed by atoms with Crippen molar-refractivity contribution in [3.63, 3.8) is 0 Å². The second kappa shape index (κ2) is 9.28. The Bertz CT molecular complexity index is 1680. The Morgan fingerprint density at radius 1 is 1.11 bits per heavy atom. The summed E-state index contributed by atoms with van der Waals surface area (Å²) in [6, 6.07) is 18.2. The standard InChI is InChI=1S/C27H22BrN3O3S/c1-15-7-4-5-10-20(15)30-25(32)23-17(3)29-27-31(24(23)21-12-11-16(2)34-21)26(33)22(35-27)14-18-8-6-9-19(28)13-18/h4-14,24H,1-3H3,(H,30,32)/b22-14+. The number of allylic oxidation sites excluding steroid dienone is 1. The number of rotatable bonds is 4. The number of aryl methyl sites for hydroxylation is 2. The zero-order chi connectivity index (χ0) is 24.7. The molecule has 0 aliphatic carbocycles. The quantitative estimate of drug-likeness (QED) is 0.397. The fraction of sp³-hybridized carbons (Fsp3) is 0.148. The number of nitrogens with one attached hydrogen (secondary N) is 1. The monoisotopic (exact) mass is 547 g/mol. The molecule has 1 amide bonds. The Hall–Kier alpha value is -3.49. The summed E-state index contributed by atoms with van der Waals surface area (Å²) in [6.45, 7) is 5.56. The van der Waals surface area contributed by atoms with Gasteiger partial charge in [0.05, 0.1) is 15.8 Å². The molecule has 4 aromatic rings. The van der Waals surface area contributed by atoms with Crippen molar-refractivity contribution < 1.29 is 9.21 Å². The zero-order valence-corrected chi connectivity index (χ0v) is 21.7. The average molecular weight is 548 g/mol. The highest BCUT2D eigenvalue weighted by atomic mass is 79.9. The smallest absolute Gasteiger partial charge is 0.271 e. The van der Waals surface area contributed by atoms with E-state index in [0.717, 1.165) is 15.6 Å². The van der Waals surface area contributed by atoms with Crippen molar-refractivity contribution in [1.29, 1.82) is 0 Å². The van der Waals surface area contributed by atoms with E-state index >= 15 is 0 Å². The number of furan rings is 1. The summed E-state index contributed by atoms with van der Waals surface area (Å²) in [5.41, 5.74) is 3.25. The number of para-hydroxylation sites is 1. The molecule has 0 saturated heterocycles. The van der Waals surface area contributed by atoms with Gasteiger partial charge in [-0.3, -0.25) is 14.2 Å². The molecule has 2 aromatic heterocycles. The summed E-state index contributed by atoms with van der Waals surface area (Å²) < 4.78 is 8.97. The maximum atomic E-state index is 13.7. The second-order valence-electron chi connectivity index (χ2n) is 8.35. The summed E-state index contributed by atoms with van der Waals surface area (Å²) in [5.74, 6) is 0.896. The number of hydrogen-bond acceptors (Lipinski definition) is 5. The highest BCUT2D eigenvalue weighted by molar-refractivity contribution is 9.10. The zero-order valence-electron chi connectivity index (χ0n) is 19.3. The number of fused-ring (bicyclic) bond motifs is 1. The lowest BCUT2D eigenvalue weighted by atomic mass is 10.00. The first-order chi connectivity index (χ1) is 16.8. The highest BCUT2D eigenvalue weighted by Gasteiger charge is 2.34. The van der Waals surface area contributed by atoms with Crippen molar-refractivity contribution in [2.45, 2.75) is 26.8 Å². The Morgan fingerprint density at radius 2 is 1.91 bits per heavy atom. The maximum Gasteiger partial charge on any atom is 0.271 e. The molecule has 1 aliphatic rings. The third-order valence-electron chi connectivity index (χ3n) is 5.84. The number of anilines is 1. The van der Waals surface area contributed by atoms with Crippen molar-refractivity contribution in [3.8, 4) is 0 Å². The van der Waals surface area contributed by atoms with Crippen LogP contribution >= 0.6 is 27.3 Å². The van der Waals surface area contributed by atoms with Crippen LogP contribution in [0.15, 0.2) is 90.6 Å². The van der Waals surface area contributed by atoms with Crippen LogP contribution in [0.5, 0.6) is 0 Å². The molecule has 1 atom stereocenters. The Morgan fingerprint density at radius 3 is 2.63 bits per heavy atom. The minimum absolute atomic E-state index is 0.221. The molecule has 1 unspecified atom stereocenters. The molecule has 1 aliphatic heterocycles. The lowest BCUT2D eigenvalue weighted by Crippen LogP contribution is -2.40. The molecule has 2 aromatic carbocycles. The van der Waals surface area contributed by atoms with Crippen molar-refractivity contribution in [2.75, 3.05) is 5.32 Å². The third-order valence-corrected chi connectivity index (χ3v) is 7.31. The van der Waals surface area contributed by atoms with Gasteiger partial charge in [-0.15, -0.1) is 0 Å². The van der Waals surface area contributed by atoms with E-state index < -0.39 is 6.04 Å². The van der Waals surface area contributed by atoms with E-state index in [1.54, 1.807) is 11.5 Å². The molecule has 0 saturated carbocycles. The summed E-state index contributed by atoms with van der Waals surface area (Å²) >= 11 is 4.77. The van der Waals surface area contributed by atoms with E-state index in [4.69, 9.17) is 4.42 Å². The molecule has 5 rings (SSSR count). The molecule has 0 bridgehead atoms. The molecular formula is C27H22BrN3O3S. The number of aromatic nitrogens is 1. The van der Waals surface area contributed by atoms with Crippen molar-refractivity contribution >= 4 is 44.9 Å². The number of benzene rings is 2. The van der Waals surface area contributed by atoms with Crippen molar-refractivity contribution in [1.82, 2.24) is 4.57 Å². The van der Waals surface area contributed by atoms with Crippen LogP contribution in [0.3, 0.4) is 0 Å². The number of amides is 1. The largest absolute Gasteiger partial charge is 0.464 e. The van der Waals surface area contributed by atoms with Gasteiger partial charge in [0, 0.05) is 10.2 Å². The second-order valence-corrected chi connectivity index (χ2v) is 10.3. The molecule has 176 valence electrons. The van der Waals surface area contributed by atoms with Crippen LogP contribution in [0.25, 0.3) is 6.08 Å². The number of nitrogens with zero attached hydrogens (tertiary/aromatic N) is 2. The van der Waals surface area contributed by atoms with E-state index in [1.807, 2.05) is 80.6 Å². The molecule has 6 nitrogen and oxygen atoms in total. The average Bonchev–Trinajstić information content (AvgIpc) is 3.37. The molecule has 0 fully saturated rings. The van der Waals surface area contributed by atoms with E-state index in [1.165, 1.54) is 11.3 Å². The highest BCUT2D eigenvalue weighted by Crippen LogP contribution is 2.32. The molecule has 0 spiro atoms. The summed E-state index contributed by atoms with van der Waals surface area (Å²) in [6.07, 6.45) is 1.84. The topological polar surface area (TPSA) is 76.6 Å². The number of carbonyl (C=O) groups excluding carboxylic acids is 1. The van der Waals surface area contributed by atoms with Crippen LogP contribution in [0.4, 0.5) is 5.69 Å². The van der Waals surface area contributed by atoms with Crippen LogP contribution in [-0.4, -0.2) is 10.5 Å². The molecule has 8 heteroatoms. The van der Waals surface area contributed by atoms with Crippen molar-refractivity contribution in [2.24, 2.45) is 4.99 Å². The Kier molecular flexibility index (Phi) is 6.17. The van der Waals surface area contributed by atoms with Crippen LogP contribution in [-0.2, 0) is 4.79 Å². The first kappa shape index (κ1) is 23.3. The van der Waals surface area contributed by atoms with Crippen molar-refractivity contribution in [3.05, 3.63) is 119 Å². The van der Waals surface area contributed by atoms with Gasteiger partial charge in [-0.1, -0.05) is 57.6 Å². The minimum atomic E-state index is -0.728. The lowest BCUT2D eigenvalue weighted by Gasteiger charge is -2.23. The molecule has 3 heterocycles. The molecule has 1 N–H and O–H groups in total. The number of halogens is 1. The normalized spacial score (nSPS) is 15.7. The number of carbonyl (C=O) groups is 1. The summed E-state index contributed by atoms with van der Waals surface area (Å²) in [4.78, 5) is 32.4. The predicted molar refractivity (Wildman–Crippen MR) is 141 cm³/mol. The number of hydrogen-bond donors (Lipinski definition) is 1. The molecule has 35 heavy (non-hydrogen) atoms. The van der Waals surface area contributed by atoms with Gasteiger partial charge in [-0.2, -0.15) is 0 Å². The van der Waals surface area contributed by atoms with Gasteiger partial charge < -0.3 is 9.73 Å². The van der Waals surface area contributed by atoms with Crippen LogP contribution in [0, 0.1) is 13.8 Å². The van der Waals surface area contributed by atoms with Gasteiger partial charge >= 0.3 is 0 Å². The Balaban J connectivity index is 1.67. The summed E-state index contributed by atoms with van der Waals surface area (Å²) in [7, 11) is 0. The third kappa shape index (κ3) is 4.47. The van der Waals surface area contributed by atoms with Crippen LogP contribution in [0.2, 0.25) is 0 Å². The van der Waals surface area contributed by atoms with Gasteiger partial charge in [0.2, 0.25) is 0 Å². The van der Waals surface area contributed by atoms with Crippen LogP contribution in [0.1, 0.15) is 35.6 Å². The SMILES string of the molecule is CC1=C(C(=O)Nc2ccccc2C)C(c2ccc(C)o2)n2c(s/c(=C/c3cccc(Br)c3)c2=O)=N1. The minimum Gasteiger partial charge on any atom is -0.464 e. The molecule has 0 radical (unpaired) electrons. The fourth-order valence-electron chi connectivity index (χ4n) is 4.13. The van der Waals surface area contributed by atoms with Gasteiger partial charge in [-0.05, 0) is 68.3 Å².